The maximum absolute atomic E-state index is 12.6. The molecule has 1 aliphatic rings. The Labute approximate surface area is 175 Å². The Kier molecular flexibility index (Phi) is 8.00. The minimum atomic E-state index is -0.372. The lowest BCUT2D eigenvalue weighted by molar-refractivity contribution is -0.118. The van der Waals surface area contributed by atoms with Crippen LogP contribution in [0.2, 0.25) is 0 Å². The normalized spacial score (nSPS) is 15.7. The third-order valence-electron chi connectivity index (χ3n) is 5.48. The lowest BCUT2D eigenvalue weighted by Gasteiger charge is -2.20. The summed E-state index contributed by atoms with van der Waals surface area (Å²) in [5, 5.41) is 0. The SMILES string of the molecule is CCOCCn1c(=NC(=O)CCC2CCCCC2)sc2cc(C(=O)OC)ccc21. The summed E-state index contributed by atoms with van der Waals surface area (Å²) in [5.74, 6) is 0.224. The minimum Gasteiger partial charge on any atom is -0.465 e. The monoisotopic (exact) mass is 418 g/mol. The number of esters is 1. The first-order valence-corrected chi connectivity index (χ1v) is 11.3. The molecule has 1 amide bonds. The van der Waals surface area contributed by atoms with Crippen LogP contribution in [0.25, 0.3) is 10.2 Å². The lowest BCUT2D eigenvalue weighted by atomic mass is 9.86. The molecule has 29 heavy (non-hydrogen) atoms. The predicted octanol–water partition coefficient (Wildman–Crippen LogP) is 4.31. The smallest absolute Gasteiger partial charge is 0.337 e. The fraction of sp³-hybridized carbons (Fsp3) is 0.591. The van der Waals surface area contributed by atoms with E-state index in [2.05, 4.69) is 4.99 Å². The van der Waals surface area contributed by atoms with E-state index in [1.807, 2.05) is 17.6 Å². The number of ether oxygens (including phenoxy) is 2. The van der Waals surface area contributed by atoms with Gasteiger partial charge in [-0.2, -0.15) is 4.99 Å². The molecule has 3 rings (SSSR count). The maximum atomic E-state index is 12.6. The predicted molar refractivity (Wildman–Crippen MR) is 114 cm³/mol. The second-order valence-electron chi connectivity index (χ2n) is 7.46. The van der Waals surface area contributed by atoms with Crippen molar-refractivity contribution in [2.75, 3.05) is 20.3 Å². The van der Waals surface area contributed by atoms with E-state index in [4.69, 9.17) is 9.47 Å². The minimum absolute atomic E-state index is 0.0690. The first-order valence-electron chi connectivity index (χ1n) is 10.5. The molecule has 7 heteroatoms. The quantitative estimate of drug-likeness (QED) is 0.473. The molecular formula is C22H30N2O4S. The Bertz CT molecular complexity index is 909. The number of thiazole rings is 1. The number of amides is 1. The van der Waals surface area contributed by atoms with E-state index in [-0.39, 0.29) is 11.9 Å². The van der Waals surface area contributed by atoms with Crippen molar-refractivity contribution in [2.24, 2.45) is 10.9 Å². The van der Waals surface area contributed by atoms with Gasteiger partial charge in [0.15, 0.2) is 4.80 Å². The van der Waals surface area contributed by atoms with Crippen LogP contribution in [0.3, 0.4) is 0 Å². The fourth-order valence-electron chi connectivity index (χ4n) is 3.89. The average Bonchev–Trinajstić information content (AvgIpc) is 3.08. The first-order chi connectivity index (χ1) is 14.1. The molecule has 0 radical (unpaired) electrons. The molecule has 0 aliphatic heterocycles. The van der Waals surface area contributed by atoms with Crippen molar-refractivity contribution in [3.63, 3.8) is 0 Å². The van der Waals surface area contributed by atoms with Gasteiger partial charge >= 0.3 is 5.97 Å². The molecule has 6 nitrogen and oxygen atoms in total. The molecule has 1 saturated carbocycles. The third kappa shape index (κ3) is 5.76. The van der Waals surface area contributed by atoms with Gasteiger partial charge in [-0.25, -0.2) is 4.79 Å². The fourth-order valence-corrected chi connectivity index (χ4v) is 5.00. The van der Waals surface area contributed by atoms with Crippen molar-refractivity contribution >= 4 is 33.4 Å². The van der Waals surface area contributed by atoms with Crippen LogP contribution in [0, 0.1) is 5.92 Å². The molecule has 1 heterocycles. The van der Waals surface area contributed by atoms with Crippen molar-refractivity contribution in [3.8, 4) is 0 Å². The second kappa shape index (κ2) is 10.7. The van der Waals surface area contributed by atoms with Crippen LogP contribution in [0.15, 0.2) is 23.2 Å². The average molecular weight is 419 g/mol. The van der Waals surface area contributed by atoms with E-state index < -0.39 is 0 Å². The van der Waals surface area contributed by atoms with E-state index in [1.165, 1.54) is 50.6 Å². The van der Waals surface area contributed by atoms with Crippen molar-refractivity contribution in [1.29, 1.82) is 0 Å². The number of hydrogen-bond acceptors (Lipinski definition) is 5. The summed E-state index contributed by atoms with van der Waals surface area (Å²) in [6, 6.07) is 5.43. The van der Waals surface area contributed by atoms with Gasteiger partial charge in [0, 0.05) is 19.6 Å². The number of fused-ring (bicyclic) bond motifs is 1. The molecule has 158 valence electrons. The Hall–Kier alpha value is -1.99. The van der Waals surface area contributed by atoms with E-state index >= 15 is 0 Å². The van der Waals surface area contributed by atoms with E-state index in [0.29, 0.717) is 42.5 Å². The van der Waals surface area contributed by atoms with Crippen LogP contribution >= 0.6 is 11.3 Å². The highest BCUT2D eigenvalue weighted by molar-refractivity contribution is 7.16. The van der Waals surface area contributed by atoms with Crippen molar-refractivity contribution in [2.45, 2.75) is 58.4 Å². The molecule has 0 spiro atoms. The summed E-state index contributed by atoms with van der Waals surface area (Å²) >= 11 is 1.43. The van der Waals surface area contributed by atoms with E-state index in [9.17, 15) is 9.59 Å². The molecule has 0 atom stereocenters. The summed E-state index contributed by atoms with van der Waals surface area (Å²) in [4.78, 5) is 29.5. The van der Waals surface area contributed by atoms with Crippen LogP contribution < -0.4 is 4.80 Å². The van der Waals surface area contributed by atoms with Crippen LogP contribution in [-0.4, -0.2) is 36.8 Å². The first kappa shape index (κ1) is 21.7. The molecule has 0 saturated heterocycles. The summed E-state index contributed by atoms with van der Waals surface area (Å²) in [5.41, 5.74) is 1.44. The number of rotatable bonds is 8. The third-order valence-corrected chi connectivity index (χ3v) is 6.52. The number of methoxy groups -OCH3 is 1. The molecule has 1 aromatic carbocycles. The molecule has 1 aliphatic carbocycles. The van der Waals surface area contributed by atoms with Crippen molar-refractivity contribution < 1.29 is 19.1 Å². The number of nitrogens with zero attached hydrogens (tertiary/aromatic N) is 2. The highest BCUT2D eigenvalue weighted by atomic mass is 32.1. The lowest BCUT2D eigenvalue weighted by Crippen LogP contribution is -2.20. The number of benzene rings is 1. The zero-order chi connectivity index (χ0) is 20.6. The summed E-state index contributed by atoms with van der Waals surface area (Å²) in [6.07, 6.45) is 7.79. The Balaban J connectivity index is 1.84. The van der Waals surface area contributed by atoms with Gasteiger partial charge in [-0.3, -0.25) is 4.79 Å². The van der Waals surface area contributed by atoms with Crippen LogP contribution in [-0.2, 0) is 20.8 Å². The summed E-state index contributed by atoms with van der Waals surface area (Å²) in [7, 11) is 1.37. The Morgan fingerprint density at radius 3 is 2.76 bits per heavy atom. The summed E-state index contributed by atoms with van der Waals surface area (Å²) < 4.78 is 13.2. The van der Waals surface area contributed by atoms with Gasteiger partial charge in [-0.05, 0) is 37.5 Å². The molecular weight excluding hydrogens is 388 g/mol. The summed E-state index contributed by atoms with van der Waals surface area (Å²) in [6.45, 7) is 3.76. The topological polar surface area (TPSA) is 69.9 Å². The number of carbonyl (C=O) groups excluding carboxylic acids is 2. The Morgan fingerprint density at radius 1 is 1.24 bits per heavy atom. The van der Waals surface area contributed by atoms with Crippen molar-refractivity contribution in [1.82, 2.24) is 4.57 Å². The zero-order valence-electron chi connectivity index (χ0n) is 17.3. The largest absolute Gasteiger partial charge is 0.465 e. The van der Waals surface area contributed by atoms with Crippen molar-refractivity contribution in [3.05, 3.63) is 28.6 Å². The van der Waals surface area contributed by atoms with Gasteiger partial charge in [-0.15, -0.1) is 0 Å². The molecule has 2 aromatic rings. The maximum Gasteiger partial charge on any atom is 0.337 e. The molecule has 0 bridgehead atoms. The number of carbonyl (C=O) groups is 2. The van der Waals surface area contributed by atoms with Crippen LogP contribution in [0.5, 0.6) is 0 Å². The number of aromatic nitrogens is 1. The standard InChI is InChI=1S/C22H30N2O4S/c1-3-28-14-13-24-18-11-10-17(21(26)27-2)15-19(18)29-22(24)23-20(25)12-9-16-7-5-4-6-8-16/h10-11,15-16H,3-9,12-14H2,1-2H3. The molecule has 0 unspecified atom stereocenters. The van der Waals surface area contributed by atoms with E-state index in [1.54, 1.807) is 12.1 Å². The van der Waals surface area contributed by atoms with Gasteiger partial charge in [0.2, 0.25) is 5.91 Å². The Morgan fingerprint density at radius 2 is 2.03 bits per heavy atom. The highest BCUT2D eigenvalue weighted by Gasteiger charge is 2.16. The highest BCUT2D eigenvalue weighted by Crippen LogP contribution is 2.27. The van der Waals surface area contributed by atoms with Gasteiger partial charge in [0.05, 0.1) is 29.5 Å². The second-order valence-corrected chi connectivity index (χ2v) is 8.46. The number of hydrogen-bond donors (Lipinski definition) is 0. The van der Waals surface area contributed by atoms with Gasteiger partial charge in [0.25, 0.3) is 0 Å². The molecule has 0 N–H and O–H groups in total. The van der Waals surface area contributed by atoms with Crippen LogP contribution in [0.1, 0.15) is 62.2 Å². The zero-order valence-corrected chi connectivity index (χ0v) is 18.1. The van der Waals surface area contributed by atoms with Gasteiger partial charge in [-0.1, -0.05) is 43.4 Å². The van der Waals surface area contributed by atoms with Crippen LogP contribution in [0.4, 0.5) is 0 Å². The van der Waals surface area contributed by atoms with Gasteiger partial charge in [0.1, 0.15) is 0 Å². The molecule has 1 fully saturated rings. The van der Waals surface area contributed by atoms with Gasteiger partial charge < -0.3 is 14.0 Å². The molecule has 1 aromatic heterocycles. The van der Waals surface area contributed by atoms with E-state index in [0.717, 1.165) is 16.6 Å².